The number of methoxy groups -OCH3 is 2. The number of aromatic nitrogens is 2. The predicted octanol–water partition coefficient (Wildman–Crippen LogP) is 11.1. The van der Waals surface area contributed by atoms with Gasteiger partial charge in [-0.2, -0.15) is 0 Å². The highest BCUT2D eigenvalue weighted by Crippen LogP contribution is 2.42. The van der Waals surface area contributed by atoms with Gasteiger partial charge in [0.05, 0.1) is 14.2 Å². The maximum Gasteiger partial charge on any atom is 0.227 e. The Labute approximate surface area is 269 Å². The van der Waals surface area contributed by atoms with Gasteiger partial charge in [0.1, 0.15) is 22.5 Å². The van der Waals surface area contributed by atoms with Gasteiger partial charge in [0.15, 0.2) is 11.2 Å². The van der Waals surface area contributed by atoms with Gasteiger partial charge >= 0.3 is 0 Å². The number of rotatable bonds is 7. The summed E-state index contributed by atoms with van der Waals surface area (Å²) in [6, 6.07) is 25.1. The van der Waals surface area contributed by atoms with Crippen LogP contribution in [-0.4, -0.2) is 24.2 Å². The van der Waals surface area contributed by atoms with Gasteiger partial charge in [-0.1, -0.05) is 62.8 Å². The van der Waals surface area contributed by atoms with E-state index < -0.39 is 0 Å². The Bertz CT molecular complexity index is 1830. The summed E-state index contributed by atoms with van der Waals surface area (Å²) in [6.07, 6.45) is 12.6. The fraction of sp³-hybridized carbons (Fsp3) is 0.350. The first-order valence-electron chi connectivity index (χ1n) is 16.8. The fourth-order valence-corrected chi connectivity index (χ4v) is 7.62. The Morgan fingerprint density at radius 1 is 0.500 bits per heavy atom. The van der Waals surface area contributed by atoms with Crippen molar-refractivity contribution in [1.29, 1.82) is 0 Å². The second-order valence-corrected chi connectivity index (χ2v) is 13.0. The topological polar surface area (TPSA) is 70.5 Å². The number of hydrogen-bond donors (Lipinski definition) is 0. The van der Waals surface area contributed by atoms with Crippen LogP contribution >= 0.6 is 0 Å². The molecule has 2 saturated carbocycles. The minimum absolute atomic E-state index is 0.526. The number of ether oxygens (including phenoxy) is 2. The van der Waals surface area contributed by atoms with E-state index in [1.165, 1.54) is 75.3 Å². The smallest absolute Gasteiger partial charge is 0.227 e. The van der Waals surface area contributed by atoms with Crippen LogP contribution in [-0.2, 0) is 0 Å². The Balaban J connectivity index is 1.02. The molecule has 6 aromatic rings. The van der Waals surface area contributed by atoms with Crippen LogP contribution in [0.15, 0.2) is 81.6 Å². The summed E-state index contributed by atoms with van der Waals surface area (Å²) in [5, 5.41) is 0. The molecule has 46 heavy (non-hydrogen) atoms. The van der Waals surface area contributed by atoms with Gasteiger partial charge in [0, 0.05) is 34.4 Å². The molecule has 8 rings (SSSR count). The van der Waals surface area contributed by atoms with Crippen LogP contribution in [0.1, 0.15) is 87.2 Å². The van der Waals surface area contributed by atoms with Crippen molar-refractivity contribution in [3.63, 3.8) is 0 Å². The number of benzene rings is 4. The largest absolute Gasteiger partial charge is 0.496 e. The summed E-state index contributed by atoms with van der Waals surface area (Å²) >= 11 is 0. The normalized spacial score (nSPS) is 16.3. The van der Waals surface area contributed by atoms with Crippen molar-refractivity contribution in [3.8, 4) is 45.5 Å². The monoisotopic (exact) mass is 612 g/mol. The lowest BCUT2D eigenvalue weighted by Gasteiger charge is -2.23. The molecule has 0 atom stereocenters. The first-order chi connectivity index (χ1) is 22.7. The van der Waals surface area contributed by atoms with Crippen molar-refractivity contribution in [3.05, 3.63) is 83.9 Å². The second-order valence-electron chi connectivity index (χ2n) is 13.0. The summed E-state index contributed by atoms with van der Waals surface area (Å²) in [6.45, 7) is 0. The number of nitrogens with zero attached hydrogens (tertiary/aromatic N) is 2. The third-order valence-electron chi connectivity index (χ3n) is 10.2. The summed E-state index contributed by atoms with van der Waals surface area (Å²) in [4.78, 5) is 9.63. The highest BCUT2D eigenvalue weighted by atomic mass is 16.5. The van der Waals surface area contributed by atoms with Crippen LogP contribution in [0.4, 0.5) is 0 Å². The summed E-state index contributed by atoms with van der Waals surface area (Å²) in [7, 11) is 3.50. The van der Waals surface area contributed by atoms with Crippen LogP contribution in [0.3, 0.4) is 0 Å². The predicted molar refractivity (Wildman–Crippen MR) is 183 cm³/mol. The highest BCUT2D eigenvalue weighted by molar-refractivity contribution is 5.81. The van der Waals surface area contributed by atoms with E-state index in [1.807, 2.05) is 12.1 Å². The molecule has 234 valence electrons. The van der Waals surface area contributed by atoms with E-state index >= 15 is 0 Å². The number of oxazole rings is 2. The molecular formula is C40H40N2O4. The third kappa shape index (κ3) is 5.44. The second kappa shape index (κ2) is 12.3. The zero-order chi connectivity index (χ0) is 31.0. The molecule has 0 N–H and O–H groups in total. The molecule has 2 aromatic heterocycles. The average Bonchev–Trinajstić information content (AvgIpc) is 3.75. The Kier molecular flexibility index (Phi) is 7.73. The first-order valence-corrected chi connectivity index (χ1v) is 16.8. The summed E-state index contributed by atoms with van der Waals surface area (Å²) in [5.41, 5.74) is 9.92. The van der Waals surface area contributed by atoms with Crippen LogP contribution in [0.2, 0.25) is 0 Å². The maximum atomic E-state index is 6.28. The molecule has 0 amide bonds. The van der Waals surface area contributed by atoms with Crippen molar-refractivity contribution in [2.75, 3.05) is 14.2 Å². The molecule has 2 fully saturated rings. The molecule has 6 nitrogen and oxygen atoms in total. The lowest BCUT2D eigenvalue weighted by atomic mass is 9.83. The molecule has 0 spiro atoms. The van der Waals surface area contributed by atoms with Crippen molar-refractivity contribution in [1.82, 2.24) is 9.97 Å². The Morgan fingerprint density at radius 2 is 0.870 bits per heavy atom. The minimum atomic E-state index is 0.526. The molecule has 0 radical (unpaired) electrons. The van der Waals surface area contributed by atoms with Gasteiger partial charge in [-0.15, -0.1) is 0 Å². The van der Waals surface area contributed by atoms with E-state index in [2.05, 4.69) is 60.7 Å². The lowest BCUT2D eigenvalue weighted by molar-refractivity contribution is 0.387. The minimum Gasteiger partial charge on any atom is -0.496 e. The third-order valence-corrected chi connectivity index (χ3v) is 10.2. The fourth-order valence-electron chi connectivity index (χ4n) is 7.62. The van der Waals surface area contributed by atoms with E-state index in [1.54, 1.807) is 14.2 Å². The summed E-state index contributed by atoms with van der Waals surface area (Å²) < 4.78 is 24.1. The van der Waals surface area contributed by atoms with Crippen LogP contribution in [0.25, 0.3) is 56.2 Å². The Hall–Kier alpha value is -4.58. The SMILES string of the molecule is COc1cc2nc(-c3ccc(-c4ccc(-c5nc6cc(OC)c(C7CCCCC7)cc6o5)cc4)cc3)oc2cc1C1CCCCC1. The van der Waals surface area contributed by atoms with Gasteiger partial charge in [-0.25, -0.2) is 9.97 Å². The van der Waals surface area contributed by atoms with Crippen molar-refractivity contribution in [2.24, 2.45) is 0 Å². The standard InChI is InChI=1S/C40H40N2O4/c1-43-35-23-33-37(21-31(35)27-9-5-3-6-10-27)45-39(41-33)29-17-13-25(14-18-29)26-15-19-30(20-16-26)40-42-34-24-36(44-2)32(22-38(34)46-40)28-11-7-4-8-12-28/h13-24,27-28H,3-12H2,1-2H3. The molecule has 0 aliphatic heterocycles. The number of hydrogen-bond acceptors (Lipinski definition) is 6. The van der Waals surface area contributed by atoms with E-state index in [4.69, 9.17) is 28.3 Å². The molecule has 0 saturated heterocycles. The van der Waals surface area contributed by atoms with E-state index in [0.717, 1.165) is 56.0 Å². The molecule has 0 bridgehead atoms. The van der Waals surface area contributed by atoms with Gasteiger partial charge in [-0.3, -0.25) is 0 Å². The van der Waals surface area contributed by atoms with Crippen molar-refractivity contribution in [2.45, 2.75) is 76.0 Å². The molecular weight excluding hydrogens is 572 g/mol. The van der Waals surface area contributed by atoms with Gasteiger partial charge < -0.3 is 18.3 Å². The van der Waals surface area contributed by atoms with Crippen LogP contribution < -0.4 is 9.47 Å². The van der Waals surface area contributed by atoms with E-state index in [9.17, 15) is 0 Å². The van der Waals surface area contributed by atoms with E-state index in [-0.39, 0.29) is 0 Å². The molecule has 0 unspecified atom stereocenters. The van der Waals surface area contributed by atoms with Crippen LogP contribution in [0.5, 0.6) is 11.5 Å². The number of fused-ring (bicyclic) bond motifs is 2. The van der Waals surface area contributed by atoms with Crippen molar-refractivity contribution < 1.29 is 18.3 Å². The molecule has 2 aliphatic rings. The zero-order valence-electron chi connectivity index (χ0n) is 26.7. The van der Waals surface area contributed by atoms with Gasteiger partial charge in [0.2, 0.25) is 11.8 Å². The molecule has 6 heteroatoms. The molecule has 2 aliphatic carbocycles. The van der Waals surface area contributed by atoms with Gasteiger partial charge in [0.25, 0.3) is 0 Å². The molecule has 2 heterocycles. The van der Waals surface area contributed by atoms with Crippen LogP contribution in [0, 0.1) is 0 Å². The average molecular weight is 613 g/mol. The lowest BCUT2D eigenvalue weighted by Crippen LogP contribution is -2.06. The van der Waals surface area contributed by atoms with Crippen molar-refractivity contribution >= 4 is 22.2 Å². The highest BCUT2D eigenvalue weighted by Gasteiger charge is 2.23. The zero-order valence-corrected chi connectivity index (χ0v) is 26.7. The summed E-state index contributed by atoms with van der Waals surface area (Å²) in [5.74, 6) is 4.13. The quantitative estimate of drug-likeness (QED) is 0.179. The van der Waals surface area contributed by atoms with Gasteiger partial charge in [-0.05, 0) is 85.0 Å². The van der Waals surface area contributed by atoms with E-state index in [0.29, 0.717) is 23.6 Å². The molecule has 4 aromatic carbocycles. The Morgan fingerprint density at radius 3 is 1.24 bits per heavy atom. The first kappa shape index (κ1) is 28.9. The maximum absolute atomic E-state index is 6.28.